The highest BCUT2D eigenvalue weighted by Crippen LogP contribution is 2.26. The molecule has 1 N–H and O–H groups in total. The van der Waals surface area contributed by atoms with Crippen molar-refractivity contribution in [1.82, 2.24) is 4.90 Å². The maximum absolute atomic E-state index is 10.9. The Kier molecular flexibility index (Phi) is 4.78. The first-order valence-electron chi connectivity index (χ1n) is 7.97. The fourth-order valence-electron chi connectivity index (χ4n) is 3.35. The average molecular weight is 291 g/mol. The van der Waals surface area contributed by atoms with Crippen molar-refractivity contribution in [2.45, 2.75) is 37.3 Å². The summed E-state index contributed by atoms with van der Waals surface area (Å²) in [6, 6.07) is 10.3. The van der Waals surface area contributed by atoms with Crippen LogP contribution in [0.2, 0.25) is 0 Å². The van der Waals surface area contributed by atoms with Gasteiger partial charge in [0, 0.05) is 19.1 Å². The molecular formula is C17H25NO3. The maximum atomic E-state index is 10.9. The third-order valence-electron chi connectivity index (χ3n) is 4.48. The largest absolute Gasteiger partial charge is 0.490 e. The molecule has 2 aliphatic rings. The lowest BCUT2D eigenvalue weighted by Crippen LogP contribution is -2.51. The number of aliphatic hydroxyl groups is 1. The molecule has 0 amide bonds. The Balaban J connectivity index is 1.60. The lowest BCUT2D eigenvalue weighted by molar-refractivity contribution is -0.0669. The van der Waals surface area contributed by atoms with Crippen molar-refractivity contribution in [3.63, 3.8) is 0 Å². The van der Waals surface area contributed by atoms with Gasteiger partial charge in [-0.15, -0.1) is 0 Å². The van der Waals surface area contributed by atoms with E-state index in [0.717, 1.165) is 12.3 Å². The Morgan fingerprint density at radius 1 is 1.24 bits per heavy atom. The number of nitrogens with zero attached hydrogens (tertiary/aromatic N) is 1. The van der Waals surface area contributed by atoms with Crippen molar-refractivity contribution in [1.29, 1.82) is 0 Å². The molecule has 4 heteroatoms. The minimum atomic E-state index is -0.922. The topological polar surface area (TPSA) is 41.9 Å². The van der Waals surface area contributed by atoms with E-state index < -0.39 is 5.60 Å². The molecule has 1 aromatic rings. The molecule has 1 aromatic carbocycles. The van der Waals surface area contributed by atoms with Crippen molar-refractivity contribution in [3.8, 4) is 5.75 Å². The summed E-state index contributed by atoms with van der Waals surface area (Å²) in [4.78, 5) is 2.40. The predicted molar refractivity (Wildman–Crippen MR) is 81.5 cm³/mol. The van der Waals surface area contributed by atoms with Crippen LogP contribution in [-0.2, 0) is 4.74 Å². The van der Waals surface area contributed by atoms with Gasteiger partial charge in [0.25, 0.3) is 0 Å². The molecule has 0 bridgehead atoms. The smallest absolute Gasteiger partial charge is 0.134 e. The van der Waals surface area contributed by atoms with Gasteiger partial charge in [0.15, 0.2) is 0 Å². The molecule has 1 aliphatic carbocycles. The third-order valence-corrected chi connectivity index (χ3v) is 4.48. The summed E-state index contributed by atoms with van der Waals surface area (Å²) in [7, 11) is 0. The van der Waals surface area contributed by atoms with Gasteiger partial charge in [-0.3, -0.25) is 4.90 Å². The number of β-amino-alcohol motifs (C(OH)–C–C–N with tert-alkyl or cyclic N) is 1. The van der Waals surface area contributed by atoms with Gasteiger partial charge in [0.05, 0.1) is 13.2 Å². The van der Waals surface area contributed by atoms with Crippen LogP contribution < -0.4 is 4.74 Å². The highest BCUT2D eigenvalue weighted by molar-refractivity contribution is 5.21. The lowest BCUT2D eigenvalue weighted by atomic mass is 10.0. The predicted octanol–water partition coefficient (Wildman–Crippen LogP) is 2.07. The molecule has 0 radical (unpaired) electrons. The Labute approximate surface area is 126 Å². The van der Waals surface area contributed by atoms with Crippen molar-refractivity contribution >= 4 is 0 Å². The first kappa shape index (κ1) is 14.8. The Bertz CT molecular complexity index is 433. The number of benzene rings is 1. The van der Waals surface area contributed by atoms with Crippen molar-refractivity contribution in [2.24, 2.45) is 0 Å². The fraction of sp³-hybridized carbons (Fsp3) is 0.647. The van der Waals surface area contributed by atoms with Crippen LogP contribution in [0.5, 0.6) is 5.75 Å². The zero-order chi connectivity index (χ0) is 14.5. The van der Waals surface area contributed by atoms with E-state index in [0.29, 0.717) is 25.8 Å². The first-order chi connectivity index (χ1) is 10.3. The molecule has 1 heterocycles. The summed E-state index contributed by atoms with van der Waals surface area (Å²) in [5.74, 6) is 0.794. The number of para-hydroxylation sites is 1. The molecular weight excluding hydrogens is 266 g/mol. The van der Waals surface area contributed by atoms with Gasteiger partial charge < -0.3 is 14.6 Å². The normalized spacial score (nSPS) is 28.4. The van der Waals surface area contributed by atoms with Crippen molar-refractivity contribution in [3.05, 3.63) is 30.3 Å². The summed E-state index contributed by atoms with van der Waals surface area (Å²) >= 11 is 0. The fourth-order valence-corrected chi connectivity index (χ4v) is 3.35. The SMILES string of the molecule is O[C@@]1(COc2ccccc2)COCCN(C2CCCC2)C1. The first-order valence-corrected chi connectivity index (χ1v) is 7.97. The molecule has 4 nitrogen and oxygen atoms in total. The Morgan fingerprint density at radius 2 is 2.00 bits per heavy atom. The molecule has 0 spiro atoms. The zero-order valence-corrected chi connectivity index (χ0v) is 12.5. The van der Waals surface area contributed by atoms with Crippen molar-refractivity contribution < 1.29 is 14.6 Å². The van der Waals surface area contributed by atoms with Gasteiger partial charge in [-0.25, -0.2) is 0 Å². The van der Waals surface area contributed by atoms with Crippen LogP contribution in [0, 0.1) is 0 Å². The second-order valence-corrected chi connectivity index (χ2v) is 6.29. The molecule has 0 unspecified atom stereocenters. The zero-order valence-electron chi connectivity index (χ0n) is 12.5. The van der Waals surface area contributed by atoms with Gasteiger partial charge in [-0.05, 0) is 25.0 Å². The Morgan fingerprint density at radius 3 is 2.76 bits per heavy atom. The third kappa shape index (κ3) is 3.96. The quantitative estimate of drug-likeness (QED) is 0.922. The second-order valence-electron chi connectivity index (χ2n) is 6.29. The van der Waals surface area contributed by atoms with Crippen LogP contribution >= 0.6 is 0 Å². The molecule has 1 saturated heterocycles. The van der Waals surface area contributed by atoms with Crippen LogP contribution in [0.4, 0.5) is 0 Å². The summed E-state index contributed by atoms with van der Waals surface area (Å²) in [6.07, 6.45) is 5.10. The second kappa shape index (κ2) is 6.77. The maximum Gasteiger partial charge on any atom is 0.134 e. The van der Waals surface area contributed by atoms with E-state index in [1.54, 1.807) is 0 Å². The molecule has 1 atom stereocenters. The van der Waals surface area contributed by atoms with Gasteiger partial charge in [-0.2, -0.15) is 0 Å². The highest BCUT2D eigenvalue weighted by Gasteiger charge is 2.36. The monoisotopic (exact) mass is 291 g/mol. The van der Waals surface area contributed by atoms with E-state index in [1.807, 2.05) is 30.3 Å². The summed E-state index contributed by atoms with van der Waals surface area (Å²) < 4.78 is 11.4. The van der Waals surface area contributed by atoms with E-state index in [9.17, 15) is 5.11 Å². The van der Waals surface area contributed by atoms with Crippen LogP contribution in [0.15, 0.2) is 30.3 Å². The number of hydrogen-bond donors (Lipinski definition) is 1. The molecule has 21 heavy (non-hydrogen) atoms. The van der Waals surface area contributed by atoms with Crippen LogP contribution in [-0.4, -0.2) is 54.6 Å². The summed E-state index contributed by atoms with van der Waals surface area (Å²) in [5, 5.41) is 10.9. The minimum absolute atomic E-state index is 0.278. The molecule has 1 saturated carbocycles. The molecule has 3 rings (SSSR count). The molecule has 2 fully saturated rings. The number of rotatable bonds is 4. The minimum Gasteiger partial charge on any atom is -0.490 e. The summed E-state index contributed by atoms with van der Waals surface area (Å²) in [5.41, 5.74) is -0.922. The molecule has 116 valence electrons. The summed E-state index contributed by atoms with van der Waals surface area (Å²) in [6.45, 7) is 2.89. The van der Waals surface area contributed by atoms with Gasteiger partial charge >= 0.3 is 0 Å². The van der Waals surface area contributed by atoms with Gasteiger partial charge in [0.2, 0.25) is 0 Å². The molecule has 1 aliphatic heterocycles. The van der Waals surface area contributed by atoms with E-state index in [-0.39, 0.29) is 6.61 Å². The lowest BCUT2D eigenvalue weighted by Gasteiger charge is -2.33. The van der Waals surface area contributed by atoms with Gasteiger partial charge in [-0.1, -0.05) is 31.0 Å². The van der Waals surface area contributed by atoms with Crippen molar-refractivity contribution in [2.75, 3.05) is 32.9 Å². The van der Waals surface area contributed by atoms with E-state index in [1.165, 1.54) is 25.7 Å². The van der Waals surface area contributed by atoms with Crippen LogP contribution in [0.3, 0.4) is 0 Å². The Hall–Kier alpha value is -1.10. The highest BCUT2D eigenvalue weighted by atomic mass is 16.5. The number of hydrogen-bond acceptors (Lipinski definition) is 4. The number of ether oxygens (including phenoxy) is 2. The standard InChI is InChI=1S/C17H25NO3/c19-17(14-21-16-8-2-1-3-9-16)12-18(10-11-20-13-17)15-6-4-5-7-15/h1-3,8-9,15,19H,4-7,10-14H2/t17-/m1/s1. The van der Waals surface area contributed by atoms with Gasteiger partial charge in [0.1, 0.15) is 18.0 Å². The van der Waals surface area contributed by atoms with E-state index in [4.69, 9.17) is 9.47 Å². The van der Waals surface area contributed by atoms with Crippen LogP contribution in [0.25, 0.3) is 0 Å². The van der Waals surface area contributed by atoms with Crippen LogP contribution in [0.1, 0.15) is 25.7 Å². The average Bonchev–Trinajstić information content (AvgIpc) is 2.97. The molecule has 0 aromatic heterocycles. The van der Waals surface area contributed by atoms with E-state index >= 15 is 0 Å². The van der Waals surface area contributed by atoms with E-state index in [2.05, 4.69) is 4.90 Å².